The van der Waals surface area contributed by atoms with E-state index < -0.39 is 0 Å². The van der Waals surface area contributed by atoms with Gasteiger partial charge in [-0.1, -0.05) is 32.1 Å². The van der Waals surface area contributed by atoms with Crippen LogP contribution >= 0.6 is 0 Å². The van der Waals surface area contributed by atoms with Crippen molar-refractivity contribution in [3.8, 4) is 0 Å². The van der Waals surface area contributed by atoms with Crippen molar-refractivity contribution in [1.82, 2.24) is 15.1 Å². The molecule has 0 radical (unpaired) electrons. The summed E-state index contributed by atoms with van der Waals surface area (Å²) >= 11 is 0. The fourth-order valence-electron chi connectivity index (χ4n) is 3.16. The molecule has 1 aromatic rings. The summed E-state index contributed by atoms with van der Waals surface area (Å²) in [7, 11) is 0. The second kappa shape index (κ2) is 7.68. The van der Waals surface area contributed by atoms with E-state index >= 15 is 0 Å². The van der Waals surface area contributed by atoms with Gasteiger partial charge >= 0.3 is 0 Å². The summed E-state index contributed by atoms with van der Waals surface area (Å²) in [6.45, 7) is 7.55. The van der Waals surface area contributed by atoms with E-state index in [4.69, 9.17) is 0 Å². The second-order valence-corrected chi connectivity index (χ2v) is 6.05. The van der Waals surface area contributed by atoms with Gasteiger partial charge < -0.3 is 5.32 Å². The first-order valence-electron chi connectivity index (χ1n) is 7.97. The zero-order chi connectivity index (χ0) is 13.5. The minimum absolute atomic E-state index is 0.997. The standard InChI is InChI=1S/C16H29N3/c1-14-13-15(2)19(18-14)12-6-10-17-11-9-16-7-4-3-5-8-16/h13,16-17H,3-12H2,1-2H3. The lowest BCUT2D eigenvalue weighted by molar-refractivity contribution is 0.333. The van der Waals surface area contributed by atoms with E-state index in [-0.39, 0.29) is 0 Å². The van der Waals surface area contributed by atoms with E-state index in [1.807, 2.05) is 0 Å². The van der Waals surface area contributed by atoms with Crippen molar-refractivity contribution in [1.29, 1.82) is 0 Å². The smallest absolute Gasteiger partial charge is 0.0596 e. The summed E-state index contributed by atoms with van der Waals surface area (Å²) in [5, 5.41) is 8.08. The predicted octanol–water partition coefficient (Wildman–Crippen LogP) is 3.45. The molecule has 3 nitrogen and oxygen atoms in total. The highest BCUT2D eigenvalue weighted by Crippen LogP contribution is 2.25. The van der Waals surface area contributed by atoms with E-state index in [1.165, 1.54) is 57.2 Å². The Morgan fingerprint density at radius 1 is 1.21 bits per heavy atom. The van der Waals surface area contributed by atoms with Crippen LogP contribution in [0.3, 0.4) is 0 Å². The van der Waals surface area contributed by atoms with Crippen molar-refractivity contribution >= 4 is 0 Å². The Kier molecular flexibility index (Phi) is 5.90. The molecule has 0 spiro atoms. The third-order valence-corrected chi connectivity index (χ3v) is 4.28. The molecule has 0 amide bonds. The van der Waals surface area contributed by atoms with Gasteiger partial charge in [0.2, 0.25) is 0 Å². The molecular weight excluding hydrogens is 234 g/mol. The highest BCUT2D eigenvalue weighted by Gasteiger charge is 2.12. The summed E-state index contributed by atoms with van der Waals surface area (Å²) in [4.78, 5) is 0. The van der Waals surface area contributed by atoms with Gasteiger partial charge in [0.15, 0.2) is 0 Å². The Bertz CT molecular complexity index is 364. The molecule has 0 atom stereocenters. The van der Waals surface area contributed by atoms with Crippen LogP contribution in [0.4, 0.5) is 0 Å². The Morgan fingerprint density at radius 3 is 2.68 bits per heavy atom. The lowest BCUT2D eigenvalue weighted by atomic mass is 9.87. The molecule has 19 heavy (non-hydrogen) atoms. The van der Waals surface area contributed by atoms with Crippen LogP contribution in [0.25, 0.3) is 0 Å². The predicted molar refractivity (Wildman–Crippen MR) is 80.4 cm³/mol. The maximum atomic E-state index is 4.49. The van der Waals surface area contributed by atoms with Crippen LogP contribution in [0.5, 0.6) is 0 Å². The fraction of sp³-hybridized carbons (Fsp3) is 0.812. The fourth-order valence-corrected chi connectivity index (χ4v) is 3.16. The summed E-state index contributed by atoms with van der Waals surface area (Å²) in [6.07, 6.45) is 9.87. The monoisotopic (exact) mass is 263 g/mol. The number of aromatic nitrogens is 2. The van der Waals surface area contributed by atoms with Crippen molar-refractivity contribution in [3.05, 3.63) is 17.5 Å². The molecule has 1 N–H and O–H groups in total. The average Bonchev–Trinajstić information content (AvgIpc) is 2.73. The second-order valence-electron chi connectivity index (χ2n) is 6.05. The summed E-state index contributed by atoms with van der Waals surface area (Å²) in [6, 6.07) is 2.15. The maximum Gasteiger partial charge on any atom is 0.0596 e. The molecule has 1 saturated carbocycles. The Labute approximate surface area is 117 Å². The molecule has 3 heteroatoms. The minimum atomic E-state index is 0.997. The Hall–Kier alpha value is -0.830. The van der Waals surface area contributed by atoms with Crippen LogP contribution < -0.4 is 5.32 Å². The number of nitrogens with zero attached hydrogens (tertiary/aromatic N) is 2. The average molecular weight is 263 g/mol. The van der Waals surface area contributed by atoms with Crippen LogP contribution in [-0.2, 0) is 6.54 Å². The molecular formula is C16H29N3. The number of hydrogen-bond donors (Lipinski definition) is 1. The minimum Gasteiger partial charge on any atom is -0.317 e. The highest BCUT2D eigenvalue weighted by atomic mass is 15.3. The van der Waals surface area contributed by atoms with Crippen molar-refractivity contribution in [2.75, 3.05) is 13.1 Å². The first kappa shape index (κ1) is 14.6. The topological polar surface area (TPSA) is 29.9 Å². The Balaban J connectivity index is 1.51. The normalized spacial score (nSPS) is 16.9. The van der Waals surface area contributed by atoms with Gasteiger partial charge in [0.1, 0.15) is 0 Å². The van der Waals surface area contributed by atoms with Crippen molar-refractivity contribution in [3.63, 3.8) is 0 Å². The van der Waals surface area contributed by atoms with E-state index in [0.717, 1.165) is 24.7 Å². The SMILES string of the molecule is Cc1cc(C)n(CCCNCCC2CCCCC2)n1. The van der Waals surface area contributed by atoms with Gasteiger partial charge in [-0.15, -0.1) is 0 Å². The van der Waals surface area contributed by atoms with Gasteiger partial charge in [-0.2, -0.15) is 5.10 Å². The number of aryl methyl sites for hydroxylation is 3. The van der Waals surface area contributed by atoms with E-state index in [0.29, 0.717) is 0 Å². The van der Waals surface area contributed by atoms with Gasteiger partial charge in [-0.05, 0) is 51.8 Å². The number of hydrogen-bond acceptors (Lipinski definition) is 2. The lowest BCUT2D eigenvalue weighted by Crippen LogP contribution is -2.21. The number of rotatable bonds is 7. The third kappa shape index (κ3) is 4.98. The van der Waals surface area contributed by atoms with Crippen LogP contribution in [0, 0.1) is 19.8 Å². The van der Waals surface area contributed by atoms with Crippen molar-refractivity contribution in [2.24, 2.45) is 5.92 Å². The zero-order valence-corrected chi connectivity index (χ0v) is 12.6. The van der Waals surface area contributed by atoms with Gasteiger partial charge in [0, 0.05) is 12.2 Å². The molecule has 0 saturated heterocycles. The molecule has 2 rings (SSSR count). The summed E-state index contributed by atoms with van der Waals surface area (Å²) in [5.41, 5.74) is 2.41. The molecule has 1 fully saturated rings. The van der Waals surface area contributed by atoms with Gasteiger partial charge in [-0.3, -0.25) is 4.68 Å². The molecule has 1 aliphatic rings. The van der Waals surface area contributed by atoms with E-state index in [2.05, 4.69) is 35.0 Å². The van der Waals surface area contributed by atoms with Crippen LogP contribution in [-0.4, -0.2) is 22.9 Å². The van der Waals surface area contributed by atoms with E-state index in [9.17, 15) is 0 Å². The molecule has 0 bridgehead atoms. The highest BCUT2D eigenvalue weighted by molar-refractivity contribution is 5.06. The van der Waals surface area contributed by atoms with Crippen LogP contribution in [0.2, 0.25) is 0 Å². The Morgan fingerprint density at radius 2 is 2.00 bits per heavy atom. The third-order valence-electron chi connectivity index (χ3n) is 4.28. The summed E-state index contributed by atoms with van der Waals surface area (Å²) < 4.78 is 2.12. The molecule has 1 heterocycles. The van der Waals surface area contributed by atoms with Crippen LogP contribution in [0.15, 0.2) is 6.07 Å². The van der Waals surface area contributed by atoms with Gasteiger partial charge in [-0.25, -0.2) is 0 Å². The molecule has 0 unspecified atom stereocenters. The number of nitrogens with one attached hydrogen (secondary N) is 1. The largest absolute Gasteiger partial charge is 0.317 e. The maximum absolute atomic E-state index is 4.49. The van der Waals surface area contributed by atoms with E-state index in [1.54, 1.807) is 0 Å². The molecule has 0 aromatic carbocycles. The molecule has 1 aromatic heterocycles. The van der Waals surface area contributed by atoms with Gasteiger partial charge in [0.25, 0.3) is 0 Å². The van der Waals surface area contributed by atoms with Crippen LogP contribution in [0.1, 0.15) is 56.3 Å². The summed E-state index contributed by atoms with van der Waals surface area (Å²) in [5.74, 6) is 0.997. The van der Waals surface area contributed by atoms with Gasteiger partial charge in [0.05, 0.1) is 5.69 Å². The molecule has 1 aliphatic carbocycles. The first-order chi connectivity index (χ1) is 9.25. The first-order valence-corrected chi connectivity index (χ1v) is 7.97. The quantitative estimate of drug-likeness (QED) is 0.764. The van der Waals surface area contributed by atoms with Crippen molar-refractivity contribution < 1.29 is 0 Å². The lowest BCUT2D eigenvalue weighted by Gasteiger charge is -2.21. The van der Waals surface area contributed by atoms with Crippen molar-refractivity contribution in [2.45, 2.75) is 65.3 Å². The molecule has 108 valence electrons. The molecule has 0 aliphatic heterocycles. The zero-order valence-electron chi connectivity index (χ0n) is 12.6.